The van der Waals surface area contributed by atoms with E-state index < -0.39 is 33.2 Å². The van der Waals surface area contributed by atoms with Crippen molar-refractivity contribution in [3.8, 4) is 5.75 Å². The first-order valence-electron chi connectivity index (χ1n) is 9.63. The highest BCUT2D eigenvalue weighted by atomic mass is 32.2. The fourth-order valence-corrected chi connectivity index (χ4v) is 5.34. The molecule has 2 heterocycles. The van der Waals surface area contributed by atoms with E-state index in [1.54, 1.807) is 24.9 Å². The zero-order valence-corrected chi connectivity index (χ0v) is 19.0. The number of amides is 2. The number of fused-ring (bicyclic) bond motifs is 1. The normalized spacial score (nSPS) is 15.4. The average Bonchev–Trinajstić information content (AvgIpc) is 3.07. The molecule has 1 aromatic heterocycles. The summed E-state index contributed by atoms with van der Waals surface area (Å²) < 4.78 is 43.0. The molecule has 1 aliphatic heterocycles. The number of hydrogen-bond acceptors (Lipinski definition) is 8. The van der Waals surface area contributed by atoms with Crippen molar-refractivity contribution in [2.24, 2.45) is 4.99 Å². The van der Waals surface area contributed by atoms with Gasteiger partial charge in [-0.15, -0.1) is 0 Å². The van der Waals surface area contributed by atoms with Gasteiger partial charge in [-0.1, -0.05) is 11.3 Å². The van der Waals surface area contributed by atoms with Crippen LogP contribution in [0.5, 0.6) is 5.75 Å². The van der Waals surface area contributed by atoms with E-state index in [9.17, 15) is 18.0 Å². The number of thiazole rings is 1. The first kappa shape index (κ1) is 23.4. The molecule has 3 rings (SSSR count). The summed E-state index contributed by atoms with van der Waals surface area (Å²) >= 11 is 1.25. The SMILES string of the molecule is COCCn1c(=NC(=O)CS(=O)(=O)CC(=O)N2CCOCC2)sc2cc(OC)ccc21. The van der Waals surface area contributed by atoms with Crippen molar-refractivity contribution in [2.75, 3.05) is 58.6 Å². The average molecular weight is 472 g/mol. The van der Waals surface area contributed by atoms with Gasteiger partial charge < -0.3 is 23.7 Å². The van der Waals surface area contributed by atoms with Crippen LogP contribution in [0.4, 0.5) is 0 Å². The van der Waals surface area contributed by atoms with Gasteiger partial charge in [-0.2, -0.15) is 4.99 Å². The fourth-order valence-electron chi connectivity index (χ4n) is 3.13. The summed E-state index contributed by atoms with van der Waals surface area (Å²) in [4.78, 5) is 30.5. The van der Waals surface area contributed by atoms with Crippen molar-refractivity contribution >= 4 is 43.2 Å². The number of morpholine rings is 1. The summed E-state index contributed by atoms with van der Waals surface area (Å²) in [6.45, 7) is 2.27. The van der Waals surface area contributed by atoms with E-state index >= 15 is 0 Å². The molecule has 12 heteroatoms. The Hall–Kier alpha value is -2.28. The largest absolute Gasteiger partial charge is 0.497 e. The Morgan fingerprint density at radius 2 is 1.94 bits per heavy atom. The highest BCUT2D eigenvalue weighted by molar-refractivity contribution is 7.92. The summed E-state index contributed by atoms with van der Waals surface area (Å²) in [5.41, 5.74) is 0.833. The topological polar surface area (TPSA) is 117 Å². The quantitative estimate of drug-likeness (QED) is 0.534. The summed E-state index contributed by atoms with van der Waals surface area (Å²) in [6.07, 6.45) is 0. The molecule has 2 amide bonds. The molecule has 0 N–H and O–H groups in total. The van der Waals surface area contributed by atoms with Crippen LogP contribution < -0.4 is 9.54 Å². The molecule has 0 bridgehead atoms. The van der Waals surface area contributed by atoms with E-state index in [2.05, 4.69) is 4.99 Å². The number of benzene rings is 1. The monoisotopic (exact) mass is 471 g/mol. The molecule has 10 nitrogen and oxygen atoms in total. The Balaban J connectivity index is 1.80. The van der Waals surface area contributed by atoms with Crippen LogP contribution in [0, 0.1) is 0 Å². The van der Waals surface area contributed by atoms with Crippen molar-refractivity contribution in [2.45, 2.75) is 6.54 Å². The first-order chi connectivity index (χ1) is 14.8. The van der Waals surface area contributed by atoms with Crippen LogP contribution in [0.15, 0.2) is 23.2 Å². The van der Waals surface area contributed by atoms with Crippen LogP contribution in [0.3, 0.4) is 0 Å². The third-order valence-electron chi connectivity index (χ3n) is 4.68. The molecule has 0 radical (unpaired) electrons. The highest BCUT2D eigenvalue weighted by Gasteiger charge is 2.25. The lowest BCUT2D eigenvalue weighted by molar-refractivity contribution is -0.132. The number of nitrogens with zero attached hydrogens (tertiary/aromatic N) is 3. The first-order valence-corrected chi connectivity index (χ1v) is 12.3. The smallest absolute Gasteiger partial charge is 0.263 e. The second kappa shape index (κ2) is 10.4. The van der Waals surface area contributed by atoms with Crippen molar-refractivity contribution in [1.29, 1.82) is 0 Å². The summed E-state index contributed by atoms with van der Waals surface area (Å²) in [7, 11) is -0.816. The predicted octanol–water partition coefficient (Wildman–Crippen LogP) is 0.0587. The Morgan fingerprint density at radius 1 is 1.19 bits per heavy atom. The molecule has 31 heavy (non-hydrogen) atoms. The van der Waals surface area contributed by atoms with E-state index in [0.717, 1.165) is 10.2 Å². The van der Waals surface area contributed by atoms with E-state index in [4.69, 9.17) is 14.2 Å². The standard InChI is InChI=1S/C19H25N3O7S2/c1-27-8-7-22-15-4-3-14(28-2)11-16(15)30-19(22)20-17(23)12-31(25,26)13-18(24)21-5-9-29-10-6-21/h3-4,11H,5-10,12-13H2,1-2H3. The number of ether oxygens (including phenoxy) is 3. The van der Waals surface area contributed by atoms with Gasteiger partial charge in [0, 0.05) is 26.7 Å². The maximum atomic E-state index is 12.5. The van der Waals surface area contributed by atoms with Gasteiger partial charge in [0.1, 0.15) is 17.3 Å². The number of sulfone groups is 1. The summed E-state index contributed by atoms with van der Waals surface area (Å²) in [6, 6.07) is 5.47. The molecular weight excluding hydrogens is 446 g/mol. The van der Waals surface area contributed by atoms with Crippen LogP contribution in [-0.2, 0) is 35.4 Å². The molecule has 0 unspecified atom stereocenters. The maximum Gasteiger partial charge on any atom is 0.263 e. The lowest BCUT2D eigenvalue weighted by Gasteiger charge is -2.26. The fraction of sp³-hybridized carbons (Fsp3) is 0.526. The highest BCUT2D eigenvalue weighted by Crippen LogP contribution is 2.23. The number of rotatable bonds is 8. The molecule has 1 fully saturated rings. The Labute approximate surface area is 184 Å². The third-order valence-corrected chi connectivity index (χ3v) is 7.09. The van der Waals surface area contributed by atoms with Crippen molar-refractivity contribution in [1.82, 2.24) is 9.47 Å². The van der Waals surface area contributed by atoms with E-state index in [1.807, 2.05) is 12.1 Å². The number of carbonyl (C=O) groups is 2. The van der Waals surface area contributed by atoms with Crippen LogP contribution in [-0.4, -0.2) is 88.3 Å². The Morgan fingerprint density at radius 3 is 2.61 bits per heavy atom. The van der Waals surface area contributed by atoms with Gasteiger partial charge in [0.2, 0.25) is 5.91 Å². The van der Waals surface area contributed by atoms with Crippen LogP contribution in [0.2, 0.25) is 0 Å². The minimum Gasteiger partial charge on any atom is -0.497 e. The zero-order valence-electron chi connectivity index (χ0n) is 17.4. The van der Waals surface area contributed by atoms with Gasteiger partial charge in [-0.05, 0) is 18.2 Å². The minimum atomic E-state index is -3.94. The minimum absolute atomic E-state index is 0.345. The predicted molar refractivity (Wildman–Crippen MR) is 115 cm³/mol. The molecule has 1 aliphatic rings. The van der Waals surface area contributed by atoms with E-state index in [1.165, 1.54) is 16.2 Å². The van der Waals surface area contributed by atoms with Crippen LogP contribution >= 0.6 is 11.3 Å². The van der Waals surface area contributed by atoms with Crippen molar-refractivity contribution in [3.05, 3.63) is 23.0 Å². The van der Waals surface area contributed by atoms with Crippen LogP contribution in [0.1, 0.15) is 0 Å². The van der Waals surface area contributed by atoms with Gasteiger partial charge in [-0.25, -0.2) is 8.42 Å². The summed E-state index contributed by atoms with van der Waals surface area (Å²) in [5.74, 6) is -2.23. The number of hydrogen-bond donors (Lipinski definition) is 0. The summed E-state index contributed by atoms with van der Waals surface area (Å²) in [5, 5.41) is 0. The van der Waals surface area contributed by atoms with Gasteiger partial charge in [0.25, 0.3) is 5.91 Å². The molecule has 0 saturated carbocycles. The molecule has 0 atom stereocenters. The van der Waals surface area contributed by atoms with Crippen LogP contribution in [0.25, 0.3) is 10.2 Å². The van der Waals surface area contributed by atoms with Crippen molar-refractivity contribution < 1.29 is 32.2 Å². The van der Waals surface area contributed by atoms with Gasteiger partial charge in [0.15, 0.2) is 14.6 Å². The Kier molecular flexibility index (Phi) is 7.81. The molecule has 1 aromatic carbocycles. The molecular formula is C19H25N3O7S2. The molecule has 0 spiro atoms. The van der Waals surface area contributed by atoms with Crippen molar-refractivity contribution in [3.63, 3.8) is 0 Å². The van der Waals surface area contributed by atoms with Gasteiger partial charge in [-0.3, -0.25) is 9.59 Å². The lowest BCUT2D eigenvalue weighted by Crippen LogP contribution is -2.43. The van der Waals surface area contributed by atoms with E-state index in [0.29, 0.717) is 50.0 Å². The Bertz CT molecular complexity index is 1120. The number of carbonyl (C=O) groups excluding carboxylic acids is 2. The third kappa shape index (κ3) is 6.12. The van der Waals surface area contributed by atoms with Gasteiger partial charge >= 0.3 is 0 Å². The number of methoxy groups -OCH3 is 2. The second-order valence-corrected chi connectivity index (χ2v) is 9.97. The van der Waals surface area contributed by atoms with E-state index in [-0.39, 0.29) is 0 Å². The molecule has 170 valence electrons. The number of aromatic nitrogens is 1. The van der Waals surface area contributed by atoms with Gasteiger partial charge in [0.05, 0.1) is 37.1 Å². The molecule has 0 aliphatic carbocycles. The lowest BCUT2D eigenvalue weighted by atomic mass is 10.3. The zero-order chi connectivity index (χ0) is 22.4. The maximum absolute atomic E-state index is 12.5. The second-order valence-electron chi connectivity index (χ2n) is 6.89. The molecule has 2 aromatic rings. The molecule has 1 saturated heterocycles.